The summed E-state index contributed by atoms with van der Waals surface area (Å²) in [5, 5.41) is 9.12. The van der Waals surface area contributed by atoms with Crippen LogP contribution in [-0.4, -0.2) is 10.2 Å². The van der Waals surface area contributed by atoms with E-state index in [0.717, 1.165) is 15.1 Å². The molecule has 0 bridgehead atoms. The molecule has 2 nitrogen and oxygen atoms in total. The minimum Gasteiger partial charge on any atom is -0.143 e. The second-order valence-electron chi connectivity index (χ2n) is 3.30. The molecule has 0 radical (unpaired) electrons. The van der Waals surface area contributed by atoms with Crippen LogP contribution in [0.15, 0.2) is 28.6 Å². The van der Waals surface area contributed by atoms with Crippen molar-refractivity contribution in [2.75, 3.05) is 0 Å². The zero-order chi connectivity index (χ0) is 10.7. The van der Waals surface area contributed by atoms with Gasteiger partial charge in [-0.2, -0.15) is 0 Å². The van der Waals surface area contributed by atoms with Crippen LogP contribution in [-0.2, 0) is 5.75 Å². The van der Waals surface area contributed by atoms with Gasteiger partial charge in [-0.3, -0.25) is 0 Å². The van der Waals surface area contributed by atoms with E-state index in [0.29, 0.717) is 0 Å². The van der Waals surface area contributed by atoms with Gasteiger partial charge in [-0.15, -0.1) is 10.2 Å². The van der Waals surface area contributed by atoms with Crippen LogP contribution >= 0.6 is 23.1 Å². The lowest BCUT2D eigenvalue weighted by molar-refractivity contribution is 0.983. The molecule has 0 amide bonds. The molecule has 15 heavy (non-hydrogen) atoms. The Morgan fingerprint density at radius 3 is 2.67 bits per heavy atom. The summed E-state index contributed by atoms with van der Waals surface area (Å²) in [6.07, 6.45) is 0. The molecule has 0 unspecified atom stereocenters. The Morgan fingerprint density at radius 1 is 1.20 bits per heavy atom. The number of hydrogen-bond acceptors (Lipinski definition) is 4. The van der Waals surface area contributed by atoms with Gasteiger partial charge in [0.15, 0.2) is 4.34 Å². The highest BCUT2D eigenvalue weighted by molar-refractivity contribution is 8.00. The van der Waals surface area contributed by atoms with Crippen molar-refractivity contribution < 1.29 is 0 Å². The smallest absolute Gasteiger partial charge is 0.143 e. The largest absolute Gasteiger partial charge is 0.174 e. The molecular formula is C11H12N2S2. The zero-order valence-electron chi connectivity index (χ0n) is 8.73. The zero-order valence-corrected chi connectivity index (χ0v) is 10.4. The van der Waals surface area contributed by atoms with Gasteiger partial charge >= 0.3 is 0 Å². The van der Waals surface area contributed by atoms with Crippen molar-refractivity contribution in [2.45, 2.75) is 23.9 Å². The normalized spacial score (nSPS) is 10.5. The number of rotatable bonds is 3. The Bertz CT molecular complexity index is 451. The average molecular weight is 236 g/mol. The van der Waals surface area contributed by atoms with Crippen LogP contribution in [0.3, 0.4) is 0 Å². The lowest BCUT2D eigenvalue weighted by atomic mass is 10.1. The van der Waals surface area contributed by atoms with Crippen LogP contribution in [0.1, 0.15) is 16.1 Å². The molecule has 0 aliphatic rings. The lowest BCUT2D eigenvalue weighted by Gasteiger charge is -2.02. The molecule has 0 atom stereocenters. The third-order valence-electron chi connectivity index (χ3n) is 2.12. The minimum absolute atomic E-state index is 0.974. The highest BCUT2D eigenvalue weighted by Gasteiger charge is 2.03. The van der Waals surface area contributed by atoms with Crippen LogP contribution in [0.4, 0.5) is 0 Å². The van der Waals surface area contributed by atoms with Gasteiger partial charge in [0.1, 0.15) is 5.01 Å². The van der Waals surface area contributed by atoms with Gasteiger partial charge < -0.3 is 0 Å². The summed E-state index contributed by atoms with van der Waals surface area (Å²) in [6.45, 7) is 4.12. The standard InChI is InChI=1S/C11H12N2S2/c1-8-5-3-4-6-10(8)7-14-11-13-12-9(2)15-11/h3-6H,7H2,1-2H3. The van der Waals surface area contributed by atoms with E-state index in [1.54, 1.807) is 23.1 Å². The van der Waals surface area contributed by atoms with Crippen molar-refractivity contribution >= 4 is 23.1 Å². The predicted octanol–water partition coefficient (Wildman–Crippen LogP) is 3.45. The van der Waals surface area contributed by atoms with Gasteiger partial charge in [0, 0.05) is 5.75 Å². The van der Waals surface area contributed by atoms with E-state index in [9.17, 15) is 0 Å². The Morgan fingerprint density at radius 2 is 2.00 bits per heavy atom. The molecule has 4 heteroatoms. The van der Waals surface area contributed by atoms with Crippen molar-refractivity contribution in [1.29, 1.82) is 0 Å². The number of thioether (sulfide) groups is 1. The quantitative estimate of drug-likeness (QED) is 0.763. The van der Waals surface area contributed by atoms with Crippen LogP contribution < -0.4 is 0 Å². The molecule has 0 N–H and O–H groups in total. The van der Waals surface area contributed by atoms with Crippen molar-refractivity contribution in [3.63, 3.8) is 0 Å². The van der Waals surface area contributed by atoms with Gasteiger partial charge in [0.2, 0.25) is 0 Å². The van der Waals surface area contributed by atoms with Crippen molar-refractivity contribution in [2.24, 2.45) is 0 Å². The second kappa shape index (κ2) is 4.77. The number of hydrogen-bond donors (Lipinski definition) is 0. The first-order valence-corrected chi connectivity index (χ1v) is 6.53. The fourth-order valence-electron chi connectivity index (χ4n) is 1.25. The molecule has 0 spiro atoms. The number of benzene rings is 1. The van der Waals surface area contributed by atoms with E-state index < -0.39 is 0 Å². The lowest BCUT2D eigenvalue weighted by Crippen LogP contribution is -1.84. The highest BCUT2D eigenvalue weighted by Crippen LogP contribution is 2.26. The van der Waals surface area contributed by atoms with Crippen molar-refractivity contribution in [3.05, 3.63) is 40.4 Å². The molecule has 0 saturated heterocycles. The van der Waals surface area contributed by atoms with Crippen LogP contribution in [0.2, 0.25) is 0 Å². The summed E-state index contributed by atoms with van der Waals surface area (Å²) in [5.41, 5.74) is 2.71. The molecule has 78 valence electrons. The van der Waals surface area contributed by atoms with Gasteiger partial charge in [-0.1, -0.05) is 47.4 Å². The van der Waals surface area contributed by atoms with Crippen LogP contribution in [0.5, 0.6) is 0 Å². The topological polar surface area (TPSA) is 25.8 Å². The molecule has 2 rings (SSSR count). The summed E-state index contributed by atoms with van der Waals surface area (Å²) in [7, 11) is 0. The Balaban J connectivity index is 2.02. The fourth-order valence-corrected chi connectivity index (χ4v) is 3.14. The fraction of sp³-hybridized carbons (Fsp3) is 0.273. The average Bonchev–Trinajstić information content (AvgIpc) is 2.63. The summed E-state index contributed by atoms with van der Waals surface area (Å²) in [4.78, 5) is 0. The maximum atomic E-state index is 4.09. The van der Waals surface area contributed by atoms with Gasteiger partial charge in [0.25, 0.3) is 0 Å². The van der Waals surface area contributed by atoms with E-state index in [4.69, 9.17) is 0 Å². The first kappa shape index (κ1) is 10.6. The van der Waals surface area contributed by atoms with Gasteiger partial charge in [-0.05, 0) is 25.0 Å². The van der Waals surface area contributed by atoms with Gasteiger partial charge in [0.05, 0.1) is 0 Å². The molecule has 0 aliphatic carbocycles. The SMILES string of the molecule is Cc1nnc(SCc2ccccc2C)s1. The summed E-state index contributed by atoms with van der Waals surface area (Å²) in [5.74, 6) is 0.974. The molecule has 1 heterocycles. The summed E-state index contributed by atoms with van der Waals surface area (Å²) in [6, 6.07) is 8.45. The molecule has 2 aromatic rings. The Kier molecular flexibility index (Phi) is 3.38. The summed E-state index contributed by atoms with van der Waals surface area (Å²) >= 11 is 3.41. The third-order valence-corrected chi connectivity index (χ3v) is 4.14. The van der Waals surface area contributed by atoms with Gasteiger partial charge in [-0.25, -0.2) is 0 Å². The second-order valence-corrected chi connectivity index (χ2v) is 5.71. The van der Waals surface area contributed by atoms with Crippen LogP contribution in [0.25, 0.3) is 0 Å². The first-order chi connectivity index (χ1) is 7.25. The molecular weight excluding hydrogens is 224 g/mol. The molecule has 0 fully saturated rings. The third kappa shape index (κ3) is 2.79. The maximum absolute atomic E-state index is 4.09. The molecule has 1 aromatic carbocycles. The van der Waals surface area contributed by atoms with Crippen molar-refractivity contribution in [3.8, 4) is 0 Å². The Hall–Kier alpha value is -0.870. The number of nitrogens with zero attached hydrogens (tertiary/aromatic N) is 2. The van der Waals surface area contributed by atoms with E-state index in [1.165, 1.54) is 11.1 Å². The van der Waals surface area contributed by atoms with Crippen LogP contribution in [0, 0.1) is 13.8 Å². The predicted molar refractivity (Wildman–Crippen MR) is 65.4 cm³/mol. The number of aromatic nitrogens is 2. The van der Waals surface area contributed by atoms with E-state index in [2.05, 4.69) is 41.4 Å². The highest BCUT2D eigenvalue weighted by atomic mass is 32.2. The monoisotopic (exact) mass is 236 g/mol. The first-order valence-electron chi connectivity index (χ1n) is 4.73. The summed E-state index contributed by atoms with van der Waals surface area (Å²) < 4.78 is 1.05. The minimum atomic E-state index is 0.974. The van der Waals surface area contributed by atoms with Crippen molar-refractivity contribution in [1.82, 2.24) is 10.2 Å². The number of aryl methyl sites for hydroxylation is 2. The van der Waals surface area contributed by atoms with E-state index in [-0.39, 0.29) is 0 Å². The van der Waals surface area contributed by atoms with E-state index in [1.807, 2.05) is 6.92 Å². The van der Waals surface area contributed by atoms with E-state index >= 15 is 0 Å². The maximum Gasteiger partial charge on any atom is 0.174 e. The molecule has 1 aromatic heterocycles. The molecule has 0 aliphatic heterocycles. The molecule has 0 saturated carbocycles. The Labute approximate surface area is 97.8 Å².